The van der Waals surface area contributed by atoms with E-state index in [1.165, 1.54) is 7.11 Å². The van der Waals surface area contributed by atoms with E-state index in [-0.39, 0.29) is 17.7 Å². The minimum Gasteiger partial charge on any atom is -0.497 e. The summed E-state index contributed by atoms with van der Waals surface area (Å²) < 4.78 is 10.3. The molecule has 1 unspecified atom stereocenters. The van der Waals surface area contributed by atoms with Gasteiger partial charge in [0.25, 0.3) is 5.90 Å². The van der Waals surface area contributed by atoms with E-state index in [2.05, 4.69) is 4.99 Å². The van der Waals surface area contributed by atoms with E-state index >= 15 is 0 Å². The predicted molar refractivity (Wildman–Crippen MR) is 91.4 cm³/mol. The Kier molecular flexibility index (Phi) is 5.92. The number of methoxy groups -OCH3 is 2. The van der Waals surface area contributed by atoms with Crippen LogP contribution in [0, 0.1) is 0 Å². The van der Waals surface area contributed by atoms with Gasteiger partial charge >= 0.3 is 0 Å². The standard InChI is InChI=1S/C19H21NO3/c1-14(13-15-9-11-17(22-2)12-10-15)20-19(23-3)18(21)16-7-5-4-6-8-16/h4-12,14H,13H2,1-3H3. The molecule has 0 spiro atoms. The van der Waals surface area contributed by atoms with Crippen molar-refractivity contribution in [1.82, 2.24) is 0 Å². The summed E-state index contributed by atoms with van der Waals surface area (Å²) in [5, 5.41) is 0. The second kappa shape index (κ2) is 8.13. The number of ether oxygens (including phenoxy) is 2. The van der Waals surface area contributed by atoms with E-state index < -0.39 is 0 Å². The number of benzene rings is 2. The highest BCUT2D eigenvalue weighted by atomic mass is 16.5. The SMILES string of the molecule is COC(=NC(C)Cc1ccc(OC)cc1)C(=O)c1ccccc1. The van der Waals surface area contributed by atoms with E-state index in [4.69, 9.17) is 9.47 Å². The average molecular weight is 311 g/mol. The third kappa shape index (κ3) is 4.68. The van der Waals surface area contributed by atoms with Crippen LogP contribution < -0.4 is 4.74 Å². The van der Waals surface area contributed by atoms with Crippen molar-refractivity contribution >= 4 is 11.7 Å². The molecule has 0 aliphatic rings. The molecule has 4 heteroatoms. The number of ketones is 1. The molecule has 0 N–H and O–H groups in total. The number of hydrogen-bond donors (Lipinski definition) is 0. The first-order valence-corrected chi connectivity index (χ1v) is 7.48. The molecule has 0 aromatic heterocycles. The lowest BCUT2D eigenvalue weighted by molar-refractivity contribution is 0.103. The van der Waals surface area contributed by atoms with Gasteiger partial charge in [-0.3, -0.25) is 4.79 Å². The van der Waals surface area contributed by atoms with Gasteiger partial charge in [-0.15, -0.1) is 0 Å². The monoisotopic (exact) mass is 311 g/mol. The maximum absolute atomic E-state index is 12.4. The molecule has 0 radical (unpaired) electrons. The molecule has 2 aromatic rings. The Morgan fingerprint density at radius 3 is 2.26 bits per heavy atom. The number of nitrogens with zero attached hydrogens (tertiary/aromatic N) is 1. The van der Waals surface area contributed by atoms with Crippen LogP contribution >= 0.6 is 0 Å². The van der Waals surface area contributed by atoms with Gasteiger partial charge in [0.2, 0.25) is 5.78 Å². The molecule has 0 aliphatic heterocycles. The lowest BCUT2D eigenvalue weighted by Gasteiger charge is -2.10. The van der Waals surface area contributed by atoms with Crippen molar-refractivity contribution in [2.75, 3.05) is 14.2 Å². The van der Waals surface area contributed by atoms with Crippen LogP contribution in [-0.2, 0) is 11.2 Å². The van der Waals surface area contributed by atoms with Crippen LogP contribution in [0.5, 0.6) is 5.75 Å². The highest BCUT2D eigenvalue weighted by Crippen LogP contribution is 2.14. The molecule has 4 nitrogen and oxygen atoms in total. The quantitative estimate of drug-likeness (QED) is 0.465. The minimum atomic E-state index is -0.199. The number of aliphatic imine (C=N–C) groups is 1. The van der Waals surface area contributed by atoms with Gasteiger partial charge in [0.05, 0.1) is 20.3 Å². The van der Waals surface area contributed by atoms with Crippen LogP contribution in [0.25, 0.3) is 0 Å². The first-order valence-electron chi connectivity index (χ1n) is 7.48. The molecule has 120 valence electrons. The number of carbonyl (C=O) groups is 1. The Morgan fingerprint density at radius 1 is 1.04 bits per heavy atom. The third-order valence-electron chi connectivity index (χ3n) is 3.45. The fourth-order valence-corrected chi connectivity index (χ4v) is 2.27. The van der Waals surface area contributed by atoms with Gasteiger partial charge in [-0.05, 0) is 31.0 Å². The van der Waals surface area contributed by atoms with Crippen LogP contribution in [0.15, 0.2) is 59.6 Å². The highest BCUT2D eigenvalue weighted by Gasteiger charge is 2.16. The predicted octanol–water partition coefficient (Wildman–Crippen LogP) is 3.55. The minimum absolute atomic E-state index is 0.0639. The summed E-state index contributed by atoms with van der Waals surface area (Å²) in [5.74, 6) is 0.758. The maximum Gasteiger partial charge on any atom is 0.258 e. The maximum atomic E-state index is 12.4. The normalized spacial score (nSPS) is 12.6. The summed E-state index contributed by atoms with van der Waals surface area (Å²) in [7, 11) is 3.11. The Morgan fingerprint density at radius 2 is 1.70 bits per heavy atom. The van der Waals surface area contributed by atoms with Crippen molar-refractivity contribution in [3.8, 4) is 5.75 Å². The lowest BCUT2D eigenvalue weighted by Crippen LogP contribution is -2.19. The molecule has 0 bridgehead atoms. The summed E-state index contributed by atoms with van der Waals surface area (Å²) in [5.41, 5.74) is 1.70. The van der Waals surface area contributed by atoms with Crippen LogP contribution in [0.3, 0.4) is 0 Å². The molecular weight excluding hydrogens is 290 g/mol. The van der Waals surface area contributed by atoms with E-state index in [1.54, 1.807) is 19.2 Å². The first-order chi connectivity index (χ1) is 11.1. The molecule has 23 heavy (non-hydrogen) atoms. The Hall–Kier alpha value is -2.62. The molecule has 0 amide bonds. The summed E-state index contributed by atoms with van der Waals surface area (Å²) in [6, 6.07) is 16.8. The van der Waals surface area contributed by atoms with Gasteiger partial charge in [0.15, 0.2) is 0 Å². The Balaban J connectivity index is 2.08. The fraction of sp³-hybridized carbons (Fsp3) is 0.263. The first kappa shape index (κ1) is 16.7. The van der Waals surface area contributed by atoms with Crippen molar-refractivity contribution in [1.29, 1.82) is 0 Å². The zero-order valence-electron chi connectivity index (χ0n) is 13.7. The van der Waals surface area contributed by atoms with E-state index in [1.807, 2.05) is 49.4 Å². The van der Waals surface area contributed by atoms with Crippen molar-refractivity contribution in [2.45, 2.75) is 19.4 Å². The zero-order chi connectivity index (χ0) is 16.7. The van der Waals surface area contributed by atoms with Crippen molar-refractivity contribution < 1.29 is 14.3 Å². The molecular formula is C19H21NO3. The Labute approximate surface area is 136 Å². The molecule has 0 heterocycles. The van der Waals surface area contributed by atoms with Gasteiger partial charge in [-0.2, -0.15) is 0 Å². The topological polar surface area (TPSA) is 47.9 Å². The van der Waals surface area contributed by atoms with Crippen molar-refractivity contribution in [3.05, 3.63) is 65.7 Å². The third-order valence-corrected chi connectivity index (χ3v) is 3.45. The lowest BCUT2D eigenvalue weighted by atomic mass is 10.1. The van der Waals surface area contributed by atoms with Crippen molar-refractivity contribution in [3.63, 3.8) is 0 Å². The van der Waals surface area contributed by atoms with Gasteiger partial charge in [0, 0.05) is 5.56 Å². The average Bonchev–Trinajstić information content (AvgIpc) is 2.60. The van der Waals surface area contributed by atoms with Crippen LogP contribution in [0.2, 0.25) is 0 Å². The zero-order valence-corrected chi connectivity index (χ0v) is 13.7. The second-order valence-electron chi connectivity index (χ2n) is 5.23. The van der Waals surface area contributed by atoms with Gasteiger partial charge in [-0.25, -0.2) is 4.99 Å². The molecule has 0 fully saturated rings. The summed E-state index contributed by atoms with van der Waals surface area (Å²) >= 11 is 0. The summed E-state index contributed by atoms with van der Waals surface area (Å²) in [4.78, 5) is 16.8. The van der Waals surface area contributed by atoms with Crippen LogP contribution in [-0.4, -0.2) is 31.9 Å². The highest BCUT2D eigenvalue weighted by molar-refractivity contribution is 6.42. The Bertz CT molecular complexity index is 663. The fourth-order valence-electron chi connectivity index (χ4n) is 2.27. The largest absolute Gasteiger partial charge is 0.497 e. The molecule has 2 rings (SSSR count). The van der Waals surface area contributed by atoms with Gasteiger partial charge in [0.1, 0.15) is 5.75 Å². The molecule has 0 saturated heterocycles. The van der Waals surface area contributed by atoms with E-state index in [0.717, 1.165) is 17.7 Å². The molecule has 2 aromatic carbocycles. The van der Waals surface area contributed by atoms with Gasteiger partial charge < -0.3 is 9.47 Å². The van der Waals surface area contributed by atoms with E-state index in [9.17, 15) is 4.79 Å². The number of hydrogen-bond acceptors (Lipinski definition) is 4. The number of rotatable bonds is 6. The molecule has 0 aliphatic carbocycles. The molecule has 1 atom stereocenters. The smallest absolute Gasteiger partial charge is 0.258 e. The summed E-state index contributed by atoms with van der Waals surface area (Å²) in [6.45, 7) is 1.96. The number of Topliss-reactive ketones (excluding diaryl/α,β-unsaturated/α-hetero) is 1. The van der Waals surface area contributed by atoms with Crippen LogP contribution in [0.1, 0.15) is 22.8 Å². The second-order valence-corrected chi connectivity index (χ2v) is 5.23. The van der Waals surface area contributed by atoms with Crippen LogP contribution in [0.4, 0.5) is 0 Å². The number of carbonyl (C=O) groups excluding carboxylic acids is 1. The van der Waals surface area contributed by atoms with Gasteiger partial charge in [-0.1, -0.05) is 42.5 Å². The summed E-state index contributed by atoms with van der Waals surface area (Å²) in [6.07, 6.45) is 0.721. The molecule has 0 saturated carbocycles. The van der Waals surface area contributed by atoms with Crippen molar-refractivity contribution in [2.24, 2.45) is 4.99 Å². The van der Waals surface area contributed by atoms with E-state index in [0.29, 0.717) is 5.56 Å².